The van der Waals surface area contributed by atoms with Crippen LogP contribution in [-0.2, 0) is 0 Å². The molecule has 2 aliphatic rings. The van der Waals surface area contributed by atoms with E-state index in [0.29, 0.717) is 0 Å². The van der Waals surface area contributed by atoms with Gasteiger partial charge >= 0.3 is 0 Å². The van der Waals surface area contributed by atoms with Crippen molar-refractivity contribution < 1.29 is 0 Å². The van der Waals surface area contributed by atoms with Gasteiger partial charge in [0, 0.05) is 31.2 Å². The van der Waals surface area contributed by atoms with Gasteiger partial charge in [-0.15, -0.1) is 0 Å². The van der Waals surface area contributed by atoms with Crippen LogP contribution in [0.3, 0.4) is 0 Å². The normalized spacial score (nSPS) is 40.6. The average Bonchev–Trinajstić information content (AvgIpc) is 2.56. The standard InChI is InChI=1S/C10H21N3/c1-8-5-10(6-11-2)13(8)9-3-4-12-7-9/h8-12H,3-7H2,1-2H3. The van der Waals surface area contributed by atoms with Gasteiger partial charge in [0.25, 0.3) is 0 Å². The van der Waals surface area contributed by atoms with Crippen molar-refractivity contribution in [3.05, 3.63) is 0 Å². The molecular weight excluding hydrogens is 162 g/mol. The van der Waals surface area contributed by atoms with E-state index in [9.17, 15) is 0 Å². The van der Waals surface area contributed by atoms with Crippen LogP contribution in [0.15, 0.2) is 0 Å². The van der Waals surface area contributed by atoms with Crippen LogP contribution in [0, 0.1) is 0 Å². The van der Waals surface area contributed by atoms with Gasteiger partial charge in [-0.1, -0.05) is 0 Å². The molecular formula is C10H21N3. The SMILES string of the molecule is CNCC1CC(C)N1C1CCNC1. The number of nitrogens with zero attached hydrogens (tertiary/aromatic N) is 1. The molecule has 0 bridgehead atoms. The molecule has 0 spiro atoms. The fourth-order valence-electron chi connectivity index (χ4n) is 2.84. The summed E-state index contributed by atoms with van der Waals surface area (Å²) in [6, 6.07) is 2.41. The molecule has 0 aliphatic carbocycles. The second kappa shape index (κ2) is 3.95. The van der Waals surface area contributed by atoms with Crippen molar-refractivity contribution in [2.75, 3.05) is 26.7 Å². The maximum absolute atomic E-state index is 3.44. The van der Waals surface area contributed by atoms with E-state index in [0.717, 1.165) is 24.7 Å². The van der Waals surface area contributed by atoms with E-state index in [1.165, 1.54) is 25.9 Å². The van der Waals surface area contributed by atoms with Crippen molar-refractivity contribution in [1.29, 1.82) is 0 Å². The van der Waals surface area contributed by atoms with Gasteiger partial charge < -0.3 is 10.6 Å². The first-order chi connectivity index (χ1) is 6.33. The lowest BCUT2D eigenvalue weighted by molar-refractivity contribution is -0.00731. The molecule has 3 heteroatoms. The van der Waals surface area contributed by atoms with Gasteiger partial charge in [-0.2, -0.15) is 0 Å². The average molecular weight is 183 g/mol. The molecule has 2 fully saturated rings. The Balaban J connectivity index is 1.87. The van der Waals surface area contributed by atoms with Crippen molar-refractivity contribution in [1.82, 2.24) is 15.5 Å². The van der Waals surface area contributed by atoms with E-state index in [4.69, 9.17) is 0 Å². The third kappa shape index (κ3) is 1.73. The zero-order valence-corrected chi connectivity index (χ0v) is 8.71. The molecule has 2 rings (SSSR count). The largest absolute Gasteiger partial charge is 0.318 e. The Kier molecular flexibility index (Phi) is 2.86. The molecule has 2 N–H and O–H groups in total. The van der Waals surface area contributed by atoms with Gasteiger partial charge in [-0.05, 0) is 33.4 Å². The minimum atomic E-state index is 0.796. The van der Waals surface area contributed by atoms with E-state index < -0.39 is 0 Å². The summed E-state index contributed by atoms with van der Waals surface area (Å²) in [5, 5.41) is 6.72. The Bertz CT molecular complexity index is 164. The number of likely N-dealkylation sites (tertiary alicyclic amines) is 1. The molecule has 3 unspecified atom stereocenters. The van der Waals surface area contributed by atoms with Gasteiger partial charge in [0.05, 0.1) is 0 Å². The minimum absolute atomic E-state index is 0.796. The molecule has 2 heterocycles. The van der Waals surface area contributed by atoms with Crippen molar-refractivity contribution >= 4 is 0 Å². The first-order valence-electron chi connectivity index (χ1n) is 5.45. The minimum Gasteiger partial charge on any atom is -0.318 e. The smallest absolute Gasteiger partial charge is 0.0241 e. The fourth-order valence-corrected chi connectivity index (χ4v) is 2.84. The highest BCUT2D eigenvalue weighted by molar-refractivity contribution is 4.97. The van der Waals surface area contributed by atoms with Crippen molar-refractivity contribution in [3.8, 4) is 0 Å². The molecule has 0 amide bonds. The lowest BCUT2D eigenvalue weighted by atomic mass is 9.91. The number of hydrogen-bond donors (Lipinski definition) is 2. The monoisotopic (exact) mass is 183 g/mol. The highest BCUT2D eigenvalue weighted by atomic mass is 15.3. The van der Waals surface area contributed by atoms with Gasteiger partial charge in [0.15, 0.2) is 0 Å². The predicted octanol–water partition coefficient (Wildman–Crippen LogP) is 0.0305. The fraction of sp³-hybridized carbons (Fsp3) is 1.00. The molecule has 0 aromatic heterocycles. The molecule has 3 nitrogen and oxygen atoms in total. The van der Waals surface area contributed by atoms with E-state index in [1.54, 1.807) is 0 Å². The van der Waals surface area contributed by atoms with E-state index in [-0.39, 0.29) is 0 Å². The molecule has 0 radical (unpaired) electrons. The second-order valence-electron chi connectivity index (χ2n) is 4.39. The quantitative estimate of drug-likeness (QED) is 0.646. The van der Waals surface area contributed by atoms with Crippen molar-refractivity contribution in [3.63, 3.8) is 0 Å². The van der Waals surface area contributed by atoms with Gasteiger partial charge in [-0.25, -0.2) is 0 Å². The number of likely N-dealkylation sites (N-methyl/N-ethyl adjacent to an activating group) is 1. The summed E-state index contributed by atoms with van der Waals surface area (Å²) in [7, 11) is 2.05. The third-order valence-corrected chi connectivity index (χ3v) is 3.44. The molecule has 3 atom stereocenters. The molecule has 76 valence electrons. The second-order valence-corrected chi connectivity index (χ2v) is 4.39. The predicted molar refractivity (Wildman–Crippen MR) is 54.9 cm³/mol. The van der Waals surface area contributed by atoms with Gasteiger partial charge in [0.2, 0.25) is 0 Å². The zero-order valence-electron chi connectivity index (χ0n) is 8.71. The lowest BCUT2D eigenvalue weighted by Crippen LogP contribution is -2.62. The molecule has 0 aromatic rings. The molecule has 13 heavy (non-hydrogen) atoms. The number of nitrogens with one attached hydrogen (secondary N) is 2. The van der Waals surface area contributed by atoms with E-state index in [1.807, 2.05) is 7.05 Å². The summed E-state index contributed by atoms with van der Waals surface area (Å²) in [6.45, 7) is 5.91. The highest BCUT2D eigenvalue weighted by Crippen LogP contribution is 2.29. The summed E-state index contributed by atoms with van der Waals surface area (Å²) in [5.74, 6) is 0. The molecule has 2 aliphatic heterocycles. The van der Waals surface area contributed by atoms with Crippen LogP contribution in [0.5, 0.6) is 0 Å². The van der Waals surface area contributed by atoms with Crippen LogP contribution in [0.1, 0.15) is 19.8 Å². The Hall–Kier alpha value is -0.120. The Labute approximate surface area is 80.9 Å². The van der Waals surface area contributed by atoms with Crippen LogP contribution < -0.4 is 10.6 Å². The lowest BCUT2D eigenvalue weighted by Gasteiger charge is -2.50. The van der Waals surface area contributed by atoms with Crippen LogP contribution >= 0.6 is 0 Å². The van der Waals surface area contributed by atoms with Crippen molar-refractivity contribution in [2.45, 2.75) is 37.9 Å². The van der Waals surface area contributed by atoms with Crippen molar-refractivity contribution in [2.24, 2.45) is 0 Å². The Morgan fingerprint density at radius 2 is 2.38 bits per heavy atom. The summed E-state index contributed by atoms with van der Waals surface area (Å²) in [6.07, 6.45) is 2.71. The van der Waals surface area contributed by atoms with Gasteiger partial charge in [-0.3, -0.25) is 4.90 Å². The number of hydrogen-bond acceptors (Lipinski definition) is 3. The Morgan fingerprint density at radius 1 is 1.54 bits per heavy atom. The summed E-state index contributed by atoms with van der Waals surface area (Å²) < 4.78 is 0. The highest BCUT2D eigenvalue weighted by Gasteiger charge is 2.39. The van der Waals surface area contributed by atoms with Crippen LogP contribution in [0.2, 0.25) is 0 Å². The third-order valence-electron chi connectivity index (χ3n) is 3.44. The van der Waals surface area contributed by atoms with Crippen LogP contribution in [-0.4, -0.2) is 49.7 Å². The summed E-state index contributed by atoms with van der Waals surface area (Å²) in [4.78, 5) is 2.69. The maximum atomic E-state index is 3.44. The first-order valence-corrected chi connectivity index (χ1v) is 5.45. The van der Waals surface area contributed by atoms with Crippen LogP contribution in [0.4, 0.5) is 0 Å². The maximum Gasteiger partial charge on any atom is 0.0241 e. The molecule has 0 aromatic carbocycles. The summed E-state index contributed by atoms with van der Waals surface area (Å²) >= 11 is 0. The van der Waals surface area contributed by atoms with E-state index in [2.05, 4.69) is 22.5 Å². The molecule has 2 saturated heterocycles. The van der Waals surface area contributed by atoms with Gasteiger partial charge in [0.1, 0.15) is 0 Å². The topological polar surface area (TPSA) is 27.3 Å². The van der Waals surface area contributed by atoms with Crippen LogP contribution in [0.25, 0.3) is 0 Å². The first kappa shape index (κ1) is 9.44. The molecule has 0 saturated carbocycles. The zero-order chi connectivity index (χ0) is 9.26. The Morgan fingerprint density at radius 3 is 2.92 bits per heavy atom. The van der Waals surface area contributed by atoms with E-state index >= 15 is 0 Å². The number of rotatable bonds is 3. The summed E-state index contributed by atoms with van der Waals surface area (Å²) in [5.41, 5.74) is 0.